The Hall–Kier alpha value is -0.920. The summed E-state index contributed by atoms with van der Waals surface area (Å²) in [5.41, 5.74) is 0. The summed E-state index contributed by atoms with van der Waals surface area (Å²) in [6.07, 6.45) is 18.5. The molecule has 1 aromatic heterocycles. The Bertz CT molecular complexity index is 272. The van der Waals surface area contributed by atoms with Crippen molar-refractivity contribution in [2.24, 2.45) is 0 Å². The third-order valence-corrected chi connectivity index (χ3v) is 3.37. The highest BCUT2D eigenvalue weighted by Crippen LogP contribution is 2.11. The molecule has 1 heterocycles. The van der Waals surface area contributed by atoms with Gasteiger partial charge in [-0.3, -0.25) is 0 Å². The highest BCUT2D eigenvalue weighted by atomic mass is 14.8. The highest BCUT2D eigenvalue weighted by molar-refractivity contribution is 4.88. The van der Waals surface area contributed by atoms with Gasteiger partial charge in [-0.1, -0.05) is 72.1 Å². The first-order valence-corrected chi connectivity index (χ1v) is 7.69. The molecule has 0 atom stereocenters. The lowest BCUT2D eigenvalue weighted by molar-refractivity contribution is 0.554. The van der Waals surface area contributed by atoms with Crippen LogP contribution < -0.4 is 0 Å². The molecule has 110 valence electrons. The third kappa shape index (κ3) is 10.7. The fraction of sp³-hybridized carbons (Fsp3) is 0.765. The molecule has 19 heavy (non-hydrogen) atoms. The van der Waals surface area contributed by atoms with Crippen molar-refractivity contribution in [1.29, 1.82) is 0 Å². The van der Waals surface area contributed by atoms with Crippen molar-refractivity contribution in [3.05, 3.63) is 24.3 Å². The maximum absolute atomic E-state index is 4.24. The average Bonchev–Trinajstić information content (AvgIpc) is 2.42. The molecule has 0 aliphatic carbocycles. The lowest BCUT2D eigenvalue weighted by Gasteiger charge is -2.02. The Kier molecular flexibility index (Phi) is 12.9. The van der Waals surface area contributed by atoms with Crippen molar-refractivity contribution >= 4 is 0 Å². The maximum atomic E-state index is 4.24. The Labute approximate surface area is 120 Å². The quantitative estimate of drug-likeness (QED) is 0.488. The number of rotatable bonds is 11. The Morgan fingerprint density at radius 1 is 0.737 bits per heavy atom. The van der Waals surface area contributed by atoms with E-state index >= 15 is 0 Å². The smallest absolute Gasteiger partial charge is 0.128 e. The Morgan fingerprint density at radius 3 is 1.74 bits per heavy atom. The molecule has 0 unspecified atom stereocenters. The number of hydrogen-bond donors (Lipinski definition) is 0. The fourth-order valence-electron chi connectivity index (χ4n) is 2.23. The molecule has 0 N–H and O–H groups in total. The second kappa shape index (κ2) is 13.5. The van der Waals surface area contributed by atoms with Crippen LogP contribution in [0.15, 0.2) is 18.5 Å². The third-order valence-electron chi connectivity index (χ3n) is 3.37. The predicted octanol–water partition coefficient (Wildman–Crippen LogP) is 5.58. The van der Waals surface area contributed by atoms with Gasteiger partial charge in [0.2, 0.25) is 0 Å². The minimum atomic E-state index is 0. The van der Waals surface area contributed by atoms with Gasteiger partial charge in [0.25, 0.3) is 0 Å². The molecule has 0 amide bonds. The first kappa shape index (κ1) is 18.1. The molecule has 0 aliphatic heterocycles. The van der Waals surface area contributed by atoms with E-state index in [1.807, 2.05) is 18.5 Å². The number of aromatic nitrogens is 2. The Morgan fingerprint density at radius 2 is 1.21 bits per heavy atom. The second-order valence-electron chi connectivity index (χ2n) is 5.10. The lowest BCUT2D eigenvalue weighted by Crippen LogP contribution is -1.93. The van der Waals surface area contributed by atoms with Gasteiger partial charge < -0.3 is 0 Å². The van der Waals surface area contributed by atoms with Crippen LogP contribution >= 0.6 is 0 Å². The lowest BCUT2D eigenvalue weighted by atomic mass is 10.1. The van der Waals surface area contributed by atoms with Gasteiger partial charge in [0.05, 0.1) is 0 Å². The largest absolute Gasteiger partial charge is 0.241 e. The normalized spacial score (nSPS) is 10.2. The standard InChI is InChI=1S/C16H28N2.CH4/c1-2-3-4-5-6-7-8-9-10-11-13-16-17-14-12-15-18-16;/h12,14-15H,2-11,13H2,1H3;1H4. The van der Waals surface area contributed by atoms with E-state index in [-0.39, 0.29) is 7.43 Å². The van der Waals surface area contributed by atoms with E-state index in [0.29, 0.717) is 0 Å². The summed E-state index contributed by atoms with van der Waals surface area (Å²) in [5, 5.41) is 0. The van der Waals surface area contributed by atoms with Crippen LogP contribution in [0.4, 0.5) is 0 Å². The van der Waals surface area contributed by atoms with E-state index in [1.165, 1.54) is 64.2 Å². The van der Waals surface area contributed by atoms with Crippen LogP contribution in [0.1, 0.15) is 84.4 Å². The van der Waals surface area contributed by atoms with Crippen LogP contribution in [-0.2, 0) is 6.42 Å². The predicted molar refractivity (Wildman–Crippen MR) is 84.3 cm³/mol. The summed E-state index contributed by atoms with van der Waals surface area (Å²) in [5.74, 6) is 0.997. The van der Waals surface area contributed by atoms with Crippen LogP contribution in [0.3, 0.4) is 0 Å². The molecule has 0 radical (unpaired) electrons. The molecule has 2 heteroatoms. The van der Waals surface area contributed by atoms with E-state index in [0.717, 1.165) is 12.2 Å². The number of unbranched alkanes of at least 4 members (excludes halogenated alkanes) is 9. The average molecular weight is 264 g/mol. The van der Waals surface area contributed by atoms with Gasteiger partial charge in [-0.05, 0) is 12.5 Å². The Balaban J connectivity index is 0.00000324. The molecular weight excluding hydrogens is 232 g/mol. The zero-order valence-electron chi connectivity index (χ0n) is 11.9. The zero-order valence-corrected chi connectivity index (χ0v) is 11.9. The molecule has 0 saturated carbocycles. The highest BCUT2D eigenvalue weighted by Gasteiger charge is 1.95. The number of nitrogens with zero attached hydrogens (tertiary/aromatic N) is 2. The van der Waals surface area contributed by atoms with Gasteiger partial charge in [-0.25, -0.2) is 9.97 Å². The minimum absolute atomic E-state index is 0. The molecule has 0 bridgehead atoms. The van der Waals surface area contributed by atoms with Gasteiger partial charge in [-0.15, -0.1) is 0 Å². The van der Waals surface area contributed by atoms with Gasteiger partial charge in [0.1, 0.15) is 5.82 Å². The first-order valence-electron chi connectivity index (χ1n) is 7.69. The molecule has 0 saturated heterocycles. The topological polar surface area (TPSA) is 25.8 Å². The second-order valence-corrected chi connectivity index (χ2v) is 5.10. The first-order chi connectivity index (χ1) is 8.93. The van der Waals surface area contributed by atoms with Crippen LogP contribution in [0, 0.1) is 0 Å². The van der Waals surface area contributed by atoms with Gasteiger partial charge in [0.15, 0.2) is 0 Å². The molecule has 0 spiro atoms. The van der Waals surface area contributed by atoms with Crippen molar-refractivity contribution in [2.75, 3.05) is 0 Å². The fourth-order valence-corrected chi connectivity index (χ4v) is 2.23. The van der Waals surface area contributed by atoms with Gasteiger partial charge >= 0.3 is 0 Å². The van der Waals surface area contributed by atoms with Crippen LogP contribution in [-0.4, -0.2) is 9.97 Å². The molecule has 1 aromatic rings. The number of aryl methyl sites for hydroxylation is 1. The molecule has 2 nitrogen and oxygen atoms in total. The molecule has 0 aromatic carbocycles. The van der Waals surface area contributed by atoms with Crippen LogP contribution in [0.2, 0.25) is 0 Å². The molecule has 0 aliphatic rings. The summed E-state index contributed by atoms with van der Waals surface area (Å²) in [6.45, 7) is 2.27. The minimum Gasteiger partial charge on any atom is -0.241 e. The van der Waals surface area contributed by atoms with Crippen LogP contribution in [0.25, 0.3) is 0 Å². The van der Waals surface area contributed by atoms with Gasteiger partial charge in [0, 0.05) is 18.8 Å². The van der Waals surface area contributed by atoms with E-state index < -0.39 is 0 Å². The monoisotopic (exact) mass is 264 g/mol. The van der Waals surface area contributed by atoms with E-state index in [2.05, 4.69) is 16.9 Å². The van der Waals surface area contributed by atoms with E-state index in [1.54, 1.807) is 0 Å². The summed E-state index contributed by atoms with van der Waals surface area (Å²) in [7, 11) is 0. The van der Waals surface area contributed by atoms with Crippen molar-refractivity contribution in [3.63, 3.8) is 0 Å². The summed E-state index contributed by atoms with van der Waals surface area (Å²) < 4.78 is 0. The molecule has 1 rings (SSSR count). The van der Waals surface area contributed by atoms with E-state index in [9.17, 15) is 0 Å². The molecule has 0 fully saturated rings. The number of hydrogen-bond acceptors (Lipinski definition) is 2. The van der Waals surface area contributed by atoms with E-state index in [4.69, 9.17) is 0 Å². The summed E-state index contributed by atoms with van der Waals surface area (Å²) in [4.78, 5) is 8.49. The summed E-state index contributed by atoms with van der Waals surface area (Å²) in [6, 6.07) is 1.88. The van der Waals surface area contributed by atoms with Crippen molar-refractivity contribution in [3.8, 4) is 0 Å². The van der Waals surface area contributed by atoms with Crippen LogP contribution in [0.5, 0.6) is 0 Å². The SMILES string of the molecule is C.CCCCCCCCCCCCc1ncccn1. The van der Waals surface area contributed by atoms with Crippen molar-refractivity contribution in [1.82, 2.24) is 9.97 Å². The van der Waals surface area contributed by atoms with Crippen molar-refractivity contribution < 1.29 is 0 Å². The molecular formula is C17H32N2. The van der Waals surface area contributed by atoms with Crippen molar-refractivity contribution in [2.45, 2.75) is 85.0 Å². The van der Waals surface area contributed by atoms with Gasteiger partial charge in [-0.2, -0.15) is 0 Å². The zero-order chi connectivity index (χ0) is 12.9. The maximum Gasteiger partial charge on any atom is 0.128 e. The summed E-state index contributed by atoms with van der Waals surface area (Å²) >= 11 is 0.